The first-order valence-electron chi connectivity index (χ1n) is 6.07. The van der Waals surface area contributed by atoms with Crippen LogP contribution in [0.3, 0.4) is 0 Å². The van der Waals surface area contributed by atoms with Gasteiger partial charge in [0.15, 0.2) is 11.4 Å². The van der Waals surface area contributed by atoms with Gasteiger partial charge in [0.25, 0.3) is 0 Å². The van der Waals surface area contributed by atoms with Gasteiger partial charge in [-0.05, 0) is 41.1 Å². The van der Waals surface area contributed by atoms with Crippen molar-refractivity contribution in [3.8, 4) is 11.9 Å². The topological polar surface area (TPSA) is 94.7 Å². The molecule has 1 aromatic rings. The molecule has 0 aromatic heterocycles. The number of carboxylic acid groups (broad SMARTS) is 1. The molecule has 0 unspecified atom stereocenters. The molecule has 0 atom stereocenters. The summed E-state index contributed by atoms with van der Waals surface area (Å²) in [5.74, 6) is -0.669. The maximum Gasteiger partial charge on any atom is 0.339 e. The molecule has 0 fully saturated rings. The number of aliphatic imine (C=N–C) groups is 1. The van der Waals surface area contributed by atoms with Gasteiger partial charge < -0.3 is 9.84 Å². The van der Waals surface area contributed by atoms with Gasteiger partial charge in [0, 0.05) is 10.0 Å². The SMILES string of the molecule is CSC(=Nc1c(Br)cc(C(=O)O)c2c1CCCO2)NC#N. The number of thioether (sulfide) groups is 1. The average molecular weight is 370 g/mol. The minimum atomic E-state index is -1.04. The van der Waals surface area contributed by atoms with Crippen LogP contribution >= 0.6 is 27.7 Å². The van der Waals surface area contributed by atoms with Crippen molar-refractivity contribution in [1.82, 2.24) is 5.32 Å². The van der Waals surface area contributed by atoms with E-state index in [0.717, 1.165) is 12.0 Å². The number of halogens is 1. The number of nitrogens with zero attached hydrogens (tertiary/aromatic N) is 2. The number of hydrogen-bond acceptors (Lipinski definition) is 5. The van der Waals surface area contributed by atoms with Crippen molar-refractivity contribution < 1.29 is 14.6 Å². The predicted molar refractivity (Wildman–Crippen MR) is 84.3 cm³/mol. The van der Waals surface area contributed by atoms with Crippen molar-refractivity contribution in [1.29, 1.82) is 5.26 Å². The highest BCUT2D eigenvalue weighted by Gasteiger charge is 2.24. The fourth-order valence-corrected chi connectivity index (χ4v) is 2.94. The van der Waals surface area contributed by atoms with E-state index in [1.807, 2.05) is 6.19 Å². The van der Waals surface area contributed by atoms with Crippen LogP contribution in [0.5, 0.6) is 5.75 Å². The Balaban J connectivity index is 2.62. The van der Waals surface area contributed by atoms with Crippen molar-refractivity contribution in [2.45, 2.75) is 12.8 Å². The van der Waals surface area contributed by atoms with Gasteiger partial charge >= 0.3 is 5.97 Å². The number of benzene rings is 1. The maximum atomic E-state index is 11.3. The van der Waals surface area contributed by atoms with E-state index in [1.165, 1.54) is 17.8 Å². The highest BCUT2D eigenvalue weighted by atomic mass is 79.9. The quantitative estimate of drug-likeness (QED) is 0.360. The van der Waals surface area contributed by atoms with E-state index >= 15 is 0 Å². The number of hydrogen-bond donors (Lipinski definition) is 2. The van der Waals surface area contributed by atoms with E-state index < -0.39 is 5.97 Å². The van der Waals surface area contributed by atoms with E-state index in [2.05, 4.69) is 26.2 Å². The van der Waals surface area contributed by atoms with E-state index in [9.17, 15) is 9.90 Å². The highest BCUT2D eigenvalue weighted by Crippen LogP contribution is 2.42. The summed E-state index contributed by atoms with van der Waals surface area (Å²) >= 11 is 4.66. The number of carboxylic acids is 1. The number of fused-ring (bicyclic) bond motifs is 1. The second-order valence-corrected chi connectivity index (χ2v) is 5.83. The molecule has 0 aliphatic carbocycles. The molecule has 0 spiro atoms. The summed E-state index contributed by atoms with van der Waals surface area (Å²) in [4.78, 5) is 15.7. The number of rotatable bonds is 2. The fraction of sp³-hybridized carbons (Fsp3) is 0.308. The molecule has 0 saturated heterocycles. The molecule has 1 heterocycles. The largest absolute Gasteiger partial charge is 0.492 e. The van der Waals surface area contributed by atoms with Gasteiger partial charge in [-0.2, -0.15) is 5.26 Å². The van der Waals surface area contributed by atoms with E-state index in [4.69, 9.17) is 10.00 Å². The molecule has 1 aliphatic rings. The van der Waals surface area contributed by atoms with Crippen LogP contribution in [-0.4, -0.2) is 29.1 Å². The summed E-state index contributed by atoms with van der Waals surface area (Å²) in [6.07, 6.45) is 5.10. The van der Waals surface area contributed by atoms with Gasteiger partial charge in [0.1, 0.15) is 11.3 Å². The van der Waals surface area contributed by atoms with Gasteiger partial charge in [-0.3, -0.25) is 5.32 Å². The summed E-state index contributed by atoms with van der Waals surface area (Å²) in [5.41, 5.74) is 1.47. The molecule has 2 N–H and O–H groups in total. The standard InChI is InChI=1S/C13H12BrN3O3S/c1-21-13(16-6-15)17-10-7-3-2-4-20-11(7)8(12(18)19)5-9(10)14/h5H,2-4H2,1H3,(H,16,17)(H,18,19). The molecular formula is C13H12BrN3O3S. The number of carbonyl (C=O) groups is 1. The molecule has 0 radical (unpaired) electrons. The number of nitrogens with one attached hydrogen (secondary N) is 1. The molecule has 1 aromatic carbocycles. The third kappa shape index (κ3) is 3.31. The lowest BCUT2D eigenvalue weighted by Gasteiger charge is -2.21. The van der Waals surface area contributed by atoms with Crippen molar-refractivity contribution in [2.75, 3.05) is 12.9 Å². The van der Waals surface area contributed by atoms with Crippen molar-refractivity contribution >= 4 is 44.5 Å². The normalized spacial score (nSPS) is 13.9. The van der Waals surface area contributed by atoms with E-state index in [-0.39, 0.29) is 5.56 Å². The van der Waals surface area contributed by atoms with Gasteiger partial charge in [0.2, 0.25) is 0 Å². The average Bonchev–Trinajstić information content (AvgIpc) is 2.48. The van der Waals surface area contributed by atoms with Crippen LogP contribution in [0.1, 0.15) is 22.3 Å². The lowest BCUT2D eigenvalue weighted by atomic mass is 10.0. The highest BCUT2D eigenvalue weighted by molar-refractivity contribution is 9.10. The minimum Gasteiger partial charge on any atom is -0.492 e. The Labute approximate surface area is 134 Å². The molecule has 110 valence electrons. The first-order valence-corrected chi connectivity index (χ1v) is 8.09. The molecule has 8 heteroatoms. The van der Waals surface area contributed by atoms with Crippen LogP contribution in [0.25, 0.3) is 0 Å². The van der Waals surface area contributed by atoms with Crippen LogP contribution in [0.15, 0.2) is 15.5 Å². The van der Waals surface area contributed by atoms with Gasteiger partial charge in [-0.25, -0.2) is 9.79 Å². The van der Waals surface area contributed by atoms with Crippen molar-refractivity contribution in [3.63, 3.8) is 0 Å². The smallest absolute Gasteiger partial charge is 0.339 e. The Morgan fingerprint density at radius 3 is 3.05 bits per heavy atom. The van der Waals surface area contributed by atoms with Crippen molar-refractivity contribution in [2.24, 2.45) is 4.99 Å². The van der Waals surface area contributed by atoms with Crippen LogP contribution in [-0.2, 0) is 6.42 Å². The Bertz CT molecular complexity index is 655. The number of ether oxygens (including phenoxy) is 1. The maximum absolute atomic E-state index is 11.3. The molecule has 21 heavy (non-hydrogen) atoms. The zero-order valence-corrected chi connectivity index (χ0v) is 13.5. The zero-order valence-electron chi connectivity index (χ0n) is 11.1. The van der Waals surface area contributed by atoms with Gasteiger partial charge in [0.05, 0.1) is 12.3 Å². The molecule has 6 nitrogen and oxygen atoms in total. The number of amidine groups is 1. The minimum absolute atomic E-state index is 0.120. The number of aromatic carboxylic acids is 1. The molecule has 0 bridgehead atoms. The summed E-state index contributed by atoms with van der Waals surface area (Å²) in [6.45, 7) is 0.490. The third-order valence-electron chi connectivity index (χ3n) is 2.92. The summed E-state index contributed by atoms with van der Waals surface area (Å²) in [7, 11) is 0. The van der Waals surface area contributed by atoms with Crippen LogP contribution in [0, 0.1) is 11.5 Å². The van der Waals surface area contributed by atoms with Gasteiger partial charge in [-0.15, -0.1) is 0 Å². The van der Waals surface area contributed by atoms with Crippen molar-refractivity contribution in [3.05, 3.63) is 21.7 Å². The lowest BCUT2D eigenvalue weighted by Crippen LogP contribution is -2.15. The monoisotopic (exact) mass is 369 g/mol. The fourth-order valence-electron chi connectivity index (χ4n) is 2.05. The zero-order chi connectivity index (χ0) is 15.4. The first kappa shape index (κ1) is 15.7. The Kier molecular flexibility index (Phi) is 5.09. The Hall–Kier alpha value is -1.72. The molecular weight excluding hydrogens is 358 g/mol. The second-order valence-electron chi connectivity index (χ2n) is 4.18. The summed E-state index contributed by atoms with van der Waals surface area (Å²) in [6, 6.07) is 1.48. The Morgan fingerprint density at radius 1 is 1.67 bits per heavy atom. The lowest BCUT2D eigenvalue weighted by molar-refractivity contribution is 0.0691. The second kappa shape index (κ2) is 6.83. The predicted octanol–water partition coefficient (Wildman–Crippen LogP) is 2.89. The third-order valence-corrected chi connectivity index (χ3v) is 4.10. The Morgan fingerprint density at radius 2 is 2.43 bits per heavy atom. The first-order chi connectivity index (χ1) is 10.1. The molecule has 0 saturated carbocycles. The van der Waals surface area contributed by atoms with E-state index in [1.54, 1.807) is 6.26 Å². The van der Waals surface area contributed by atoms with Gasteiger partial charge in [-0.1, -0.05) is 11.8 Å². The number of nitriles is 1. The molecule has 2 rings (SSSR count). The van der Waals surface area contributed by atoms with Crippen LogP contribution < -0.4 is 10.1 Å². The summed E-state index contributed by atoms with van der Waals surface area (Å²) in [5, 5.41) is 20.9. The van der Waals surface area contributed by atoms with Crippen LogP contribution in [0.2, 0.25) is 0 Å². The van der Waals surface area contributed by atoms with Crippen LogP contribution in [0.4, 0.5) is 5.69 Å². The summed E-state index contributed by atoms with van der Waals surface area (Å²) < 4.78 is 6.09. The van der Waals surface area contributed by atoms with E-state index in [0.29, 0.717) is 34.1 Å². The molecule has 0 amide bonds. The molecule has 1 aliphatic heterocycles.